The standard InChI is InChI=1S/C18H15Cl2N3O2S3/c1-25-12-7-5-11(6-8-12)9-26-17-22-23-18(28-17)27-10-15(24)21-16-13(19)3-2-4-14(16)20/h2-8H,9-10H2,1H3,(H,21,24). The first-order valence-electron chi connectivity index (χ1n) is 8.01. The first-order valence-corrected chi connectivity index (χ1v) is 11.6. The molecule has 0 spiro atoms. The molecule has 10 heteroatoms. The summed E-state index contributed by atoms with van der Waals surface area (Å²) in [6.07, 6.45) is 0. The van der Waals surface area contributed by atoms with Gasteiger partial charge in [0.2, 0.25) is 5.91 Å². The molecule has 0 saturated carbocycles. The van der Waals surface area contributed by atoms with Crippen molar-refractivity contribution in [3.8, 4) is 5.75 Å². The molecule has 1 amide bonds. The van der Waals surface area contributed by atoms with Crippen LogP contribution in [0.4, 0.5) is 5.69 Å². The zero-order chi connectivity index (χ0) is 19.9. The van der Waals surface area contributed by atoms with E-state index in [0.717, 1.165) is 20.2 Å². The third kappa shape index (κ3) is 6.02. The second-order valence-electron chi connectivity index (χ2n) is 5.40. The van der Waals surface area contributed by atoms with Gasteiger partial charge in [-0.15, -0.1) is 10.2 Å². The van der Waals surface area contributed by atoms with E-state index in [2.05, 4.69) is 15.5 Å². The normalized spacial score (nSPS) is 10.7. The van der Waals surface area contributed by atoms with Crippen molar-refractivity contribution >= 4 is 69.7 Å². The lowest BCUT2D eigenvalue weighted by atomic mass is 10.2. The van der Waals surface area contributed by atoms with Crippen molar-refractivity contribution < 1.29 is 9.53 Å². The Morgan fingerprint density at radius 2 is 1.71 bits per heavy atom. The highest BCUT2D eigenvalue weighted by Crippen LogP contribution is 2.32. The molecule has 146 valence electrons. The molecule has 3 rings (SSSR count). The Labute approximate surface area is 185 Å². The van der Waals surface area contributed by atoms with Gasteiger partial charge in [0.1, 0.15) is 5.75 Å². The third-order valence-electron chi connectivity index (χ3n) is 3.46. The molecule has 0 unspecified atom stereocenters. The second kappa shape index (κ2) is 10.4. The molecule has 0 saturated heterocycles. The van der Waals surface area contributed by atoms with E-state index in [-0.39, 0.29) is 11.7 Å². The third-order valence-corrected chi connectivity index (χ3v) is 7.35. The van der Waals surface area contributed by atoms with Gasteiger partial charge in [0.15, 0.2) is 8.68 Å². The van der Waals surface area contributed by atoms with Gasteiger partial charge >= 0.3 is 0 Å². The molecule has 0 aliphatic heterocycles. The summed E-state index contributed by atoms with van der Waals surface area (Å²) in [5.74, 6) is 1.61. The van der Waals surface area contributed by atoms with Crippen LogP contribution in [0.3, 0.4) is 0 Å². The van der Waals surface area contributed by atoms with E-state index in [1.54, 1.807) is 37.1 Å². The summed E-state index contributed by atoms with van der Waals surface area (Å²) in [6, 6.07) is 13.0. The summed E-state index contributed by atoms with van der Waals surface area (Å²) in [5, 5.41) is 11.8. The minimum atomic E-state index is -0.206. The molecule has 1 heterocycles. The summed E-state index contributed by atoms with van der Waals surface area (Å²) in [5.41, 5.74) is 1.59. The van der Waals surface area contributed by atoms with Gasteiger partial charge < -0.3 is 10.1 Å². The Kier molecular flexibility index (Phi) is 7.87. The van der Waals surface area contributed by atoms with Crippen molar-refractivity contribution in [2.24, 2.45) is 0 Å². The van der Waals surface area contributed by atoms with Crippen LogP contribution in [0, 0.1) is 0 Å². The predicted octanol–water partition coefficient (Wildman–Crippen LogP) is 5.88. The maximum atomic E-state index is 12.2. The Bertz CT molecular complexity index is 931. The van der Waals surface area contributed by atoms with Gasteiger partial charge in [-0.05, 0) is 29.8 Å². The smallest absolute Gasteiger partial charge is 0.234 e. The maximum absolute atomic E-state index is 12.2. The van der Waals surface area contributed by atoms with Crippen LogP contribution in [0.25, 0.3) is 0 Å². The topological polar surface area (TPSA) is 64.1 Å². The number of methoxy groups -OCH3 is 1. The van der Waals surface area contributed by atoms with Crippen LogP contribution in [0.2, 0.25) is 10.0 Å². The summed E-state index contributed by atoms with van der Waals surface area (Å²) in [7, 11) is 1.65. The van der Waals surface area contributed by atoms with Crippen LogP contribution < -0.4 is 10.1 Å². The van der Waals surface area contributed by atoms with Gasteiger partial charge in [-0.3, -0.25) is 4.79 Å². The van der Waals surface area contributed by atoms with Crippen LogP contribution in [0.15, 0.2) is 51.1 Å². The fraction of sp³-hybridized carbons (Fsp3) is 0.167. The van der Waals surface area contributed by atoms with E-state index >= 15 is 0 Å². The monoisotopic (exact) mass is 471 g/mol. The SMILES string of the molecule is COc1ccc(CSc2nnc(SCC(=O)Nc3c(Cl)cccc3Cl)s2)cc1. The van der Waals surface area contributed by atoms with Gasteiger partial charge in [0.25, 0.3) is 0 Å². The summed E-state index contributed by atoms with van der Waals surface area (Å²) in [6.45, 7) is 0. The molecule has 0 bridgehead atoms. The van der Waals surface area contributed by atoms with Crippen LogP contribution in [-0.2, 0) is 10.5 Å². The number of halogens is 2. The zero-order valence-corrected chi connectivity index (χ0v) is 18.6. The van der Waals surface area contributed by atoms with Crippen molar-refractivity contribution in [2.45, 2.75) is 14.4 Å². The number of nitrogens with one attached hydrogen (secondary N) is 1. The fourth-order valence-corrected chi connectivity index (χ4v) is 5.37. The molecule has 0 aliphatic rings. The first kappa shape index (κ1) is 21.3. The average Bonchev–Trinajstić information content (AvgIpc) is 3.16. The number of anilines is 1. The lowest BCUT2D eigenvalue weighted by molar-refractivity contribution is -0.113. The molecular formula is C18H15Cl2N3O2S3. The number of thioether (sulfide) groups is 2. The molecule has 0 aliphatic carbocycles. The number of carbonyl (C=O) groups is 1. The Balaban J connectivity index is 1.48. The quantitative estimate of drug-likeness (QED) is 0.414. The highest BCUT2D eigenvalue weighted by atomic mass is 35.5. The zero-order valence-electron chi connectivity index (χ0n) is 14.6. The number of hydrogen-bond acceptors (Lipinski definition) is 7. The molecule has 2 aromatic carbocycles. The van der Waals surface area contributed by atoms with Crippen molar-refractivity contribution in [3.63, 3.8) is 0 Å². The number of nitrogens with zero attached hydrogens (tertiary/aromatic N) is 2. The second-order valence-corrected chi connectivity index (χ2v) is 9.64. The van der Waals surface area contributed by atoms with Crippen molar-refractivity contribution in [3.05, 3.63) is 58.1 Å². The van der Waals surface area contributed by atoms with Gasteiger partial charge in [0, 0.05) is 5.75 Å². The number of benzene rings is 2. The highest BCUT2D eigenvalue weighted by Gasteiger charge is 2.12. The number of carbonyl (C=O) groups excluding carboxylic acids is 1. The molecule has 1 aromatic heterocycles. The first-order chi connectivity index (χ1) is 13.5. The molecular weight excluding hydrogens is 457 g/mol. The van der Waals surface area contributed by atoms with Crippen LogP contribution >= 0.6 is 58.1 Å². The lowest BCUT2D eigenvalue weighted by Crippen LogP contribution is -2.14. The van der Waals surface area contributed by atoms with E-state index in [1.165, 1.54) is 28.7 Å². The van der Waals surface area contributed by atoms with E-state index < -0.39 is 0 Å². The maximum Gasteiger partial charge on any atom is 0.234 e. The van der Waals surface area contributed by atoms with E-state index in [0.29, 0.717) is 15.7 Å². The molecule has 5 nitrogen and oxygen atoms in total. The van der Waals surface area contributed by atoms with Gasteiger partial charge in [-0.25, -0.2) is 0 Å². The van der Waals surface area contributed by atoms with E-state index in [1.807, 2.05) is 24.3 Å². The fourth-order valence-electron chi connectivity index (χ4n) is 2.10. The van der Waals surface area contributed by atoms with E-state index in [9.17, 15) is 4.79 Å². The molecule has 0 fully saturated rings. The Morgan fingerprint density at radius 3 is 2.36 bits per heavy atom. The Morgan fingerprint density at radius 1 is 1.07 bits per heavy atom. The molecule has 0 radical (unpaired) electrons. The number of para-hydroxylation sites is 1. The molecule has 0 atom stereocenters. The minimum absolute atomic E-state index is 0.194. The highest BCUT2D eigenvalue weighted by molar-refractivity contribution is 8.03. The summed E-state index contributed by atoms with van der Waals surface area (Å²) >= 11 is 16.5. The van der Waals surface area contributed by atoms with E-state index in [4.69, 9.17) is 27.9 Å². The molecule has 28 heavy (non-hydrogen) atoms. The van der Waals surface area contributed by atoms with Crippen LogP contribution in [0.1, 0.15) is 5.56 Å². The summed E-state index contributed by atoms with van der Waals surface area (Å²) in [4.78, 5) is 12.2. The number of amides is 1. The average molecular weight is 472 g/mol. The van der Waals surface area contributed by atoms with Crippen molar-refractivity contribution in [1.29, 1.82) is 0 Å². The predicted molar refractivity (Wildman–Crippen MR) is 118 cm³/mol. The molecule has 3 aromatic rings. The van der Waals surface area contributed by atoms with Crippen molar-refractivity contribution in [2.75, 3.05) is 18.2 Å². The molecule has 1 N–H and O–H groups in total. The largest absolute Gasteiger partial charge is 0.497 e. The van der Waals surface area contributed by atoms with Crippen LogP contribution in [0.5, 0.6) is 5.75 Å². The van der Waals surface area contributed by atoms with Crippen LogP contribution in [-0.4, -0.2) is 29.0 Å². The van der Waals surface area contributed by atoms with Crippen molar-refractivity contribution in [1.82, 2.24) is 10.2 Å². The minimum Gasteiger partial charge on any atom is -0.497 e. The van der Waals surface area contributed by atoms with Gasteiger partial charge in [-0.1, -0.05) is 76.3 Å². The summed E-state index contributed by atoms with van der Waals surface area (Å²) < 4.78 is 6.74. The van der Waals surface area contributed by atoms with Gasteiger partial charge in [-0.2, -0.15) is 0 Å². The number of aromatic nitrogens is 2. The number of rotatable bonds is 8. The number of hydrogen-bond donors (Lipinski definition) is 1. The Hall–Kier alpha value is -1.45. The number of ether oxygens (including phenoxy) is 1. The van der Waals surface area contributed by atoms with Gasteiger partial charge in [0.05, 0.1) is 28.6 Å². The lowest BCUT2D eigenvalue weighted by Gasteiger charge is -2.08.